The highest BCUT2D eigenvalue weighted by atomic mass is 16.5. The van der Waals surface area contributed by atoms with Crippen molar-refractivity contribution in [3.05, 3.63) is 22.9 Å². The predicted molar refractivity (Wildman–Crippen MR) is 101 cm³/mol. The van der Waals surface area contributed by atoms with Crippen molar-refractivity contribution in [2.45, 2.75) is 69.7 Å². The second-order valence-electron chi connectivity index (χ2n) is 9.67. The van der Waals surface area contributed by atoms with Crippen LogP contribution in [0, 0.1) is 16.7 Å². The maximum Gasteiger partial charge on any atom is 0.316 e. The van der Waals surface area contributed by atoms with Gasteiger partial charge in [-0.05, 0) is 51.0 Å². The van der Waals surface area contributed by atoms with Gasteiger partial charge in [0.05, 0.1) is 19.3 Å². The van der Waals surface area contributed by atoms with E-state index in [4.69, 9.17) is 4.74 Å². The third kappa shape index (κ3) is 1.48. The van der Waals surface area contributed by atoms with Crippen LogP contribution in [-0.2, 0) is 9.53 Å². The lowest BCUT2D eigenvalue weighted by atomic mass is 9.58. The summed E-state index contributed by atoms with van der Waals surface area (Å²) in [6.45, 7) is 3.03. The van der Waals surface area contributed by atoms with Crippen molar-refractivity contribution in [2.75, 3.05) is 20.7 Å². The number of hydrogen-bond donors (Lipinski definition) is 1. The van der Waals surface area contributed by atoms with Crippen molar-refractivity contribution in [2.24, 2.45) is 16.7 Å². The number of carbonyl (C=O) groups is 1. The molecule has 27 heavy (non-hydrogen) atoms. The number of hydrogen-bond acceptors (Lipinski definition) is 5. The fraction of sp³-hybridized carbons (Fsp3) is 0.773. The molecule has 5 nitrogen and oxygen atoms in total. The van der Waals surface area contributed by atoms with Gasteiger partial charge >= 0.3 is 5.97 Å². The molecule has 7 aliphatic rings. The highest BCUT2D eigenvalue weighted by Gasteiger charge is 2.82. The zero-order valence-corrected chi connectivity index (χ0v) is 16.6. The molecule has 5 fully saturated rings. The topological polar surface area (TPSA) is 53.0 Å². The molecule has 0 aromatic heterocycles. The van der Waals surface area contributed by atoms with Crippen molar-refractivity contribution in [1.82, 2.24) is 9.80 Å². The van der Waals surface area contributed by atoms with Crippen LogP contribution in [0.25, 0.3) is 0 Å². The molecule has 7 rings (SSSR count). The number of rotatable bonds is 1. The molecule has 2 aliphatic carbocycles. The van der Waals surface area contributed by atoms with Gasteiger partial charge in [0.2, 0.25) is 0 Å². The first-order chi connectivity index (χ1) is 13.0. The third-order valence-corrected chi connectivity index (χ3v) is 9.36. The summed E-state index contributed by atoms with van der Waals surface area (Å²) in [4.78, 5) is 18.4. The van der Waals surface area contributed by atoms with Crippen molar-refractivity contribution >= 4 is 5.97 Å². The number of aliphatic hydroxyl groups excluding tert-OH is 1. The van der Waals surface area contributed by atoms with Gasteiger partial charge in [-0.3, -0.25) is 9.69 Å². The van der Waals surface area contributed by atoms with Gasteiger partial charge in [-0.15, -0.1) is 0 Å². The van der Waals surface area contributed by atoms with Gasteiger partial charge in [-0.2, -0.15) is 0 Å². The van der Waals surface area contributed by atoms with Crippen molar-refractivity contribution in [1.29, 1.82) is 0 Å². The van der Waals surface area contributed by atoms with Crippen LogP contribution in [-0.4, -0.2) is 65.8 Å². The molecule has 4 saturated heterocycles. The molecule has 5 aliphatic heterocycles. The fourth-order valence-electron chi connectivity index (χ4n) is 8.65. The Bertz CT molecular complexity index is 803. The predicted octanol–water partition coefficient (Wildman–Crippen LogP) is 2.07. The van der Waals surface area contributed by atoms with E-state index in [2.05, 4.69) is 29.8 Å². The standard InChI is InChI=1S/C22H30N2O3/c1-4-12-11-24-16-9-14(12)22(20(26)27-3)17(24)10-21(19(22)25)13-7-5-6-8-15(13)23(2)18(16)21/h4,14,16-19,25H,5-11H2,1-3H3. The van der Waals surface area contributed by atoms with Gasteiger partial charge in [-0.1, -0.05) is 11.6 Å². The number of likely N-dealkylation sites (N-methyl/N-ethyl adjacent to an activating group) is 1. The van der Waals surface area contributed by atoms with Crippen LogP contribution in [0.2, 0.25) is 0 Å². The Balaban J connectivity index is 1.63. The number of aliphatic hydroxyl groups is 1. The Kier molecular flexibility index (Phi) is 3.06. The molecule has 5 bridgehead atoms. The number of carbonyl (C=O) groups excluding carboxylic acids is 1. The molecule has 0 amide bonds. The minimum Gasteiger partial charge on any atom is -0.468 e. The van der Waals surface area contributed by atoms with E-state index in [0.717, 1.165) is 32.2 Å². The van der Waals surface area contributed by atoms with Gasteiger partial charge in [0.15, 0.2) is 0 Å². The summed E-state index contributed by atoms with van der Waals surface area (Å²) in [5, 5.41) is 12.1. The van der Waals surface area contributed by atoms with E-state index in [9.17, 15) is 9.90 Å². The number of ether oxygens (including phenoxy) is 1. The highest BCUT2D eigenvalue weighted by Crippen LogP contribution is 2.74. The van der Waals surface area contributed by atoms with Crippen molar-refractivity contribution < 1.29 is 14.6 Å². The van der Waals surface area contributed by atoms with Gasteiger partial charge in [0.1, 0.15) is 5.41 Å². The summed E-state index contributed by atoms with van der Waals surface area (Å²) in [6, 6.07) is 0.857. The normalized spacial score (nSPS) is 53.2. The van der Waals surface area contributed by atoms with E-state index in [0.29, 0.717) is 12.1 Å². The monoisotopic (exact) mass is 370 g/mol. The highest BCUT2D eigenvalue weighted by molar-refractivity contribution is 5.82. The van der Waals surface area contributed by atoms with E-state index in [-0.39, 0.29) is 23.3 Å². The van der Waals surface area contributed by atoms with E-state index < -0.39 is 11.5 Å². The lowest BCUT2D eigenvalue weighted by Crippen LogP contribution is -2.71. The van der Waals surface area contributed by atoms with E-state index >= 15 is 0 Å². The quantitative estimate of drug-likeness (QED) is 0.566. The molecule has 5 heterocycles. The molecular weight excluding hydrogens is 340 g/mol. The summed E-state index contributed by atoms with van der Waals surface area (Å²) in [5.41, 5.74) is 3.24. The molecular formula is C22H30N2O3. The van der Waals surface area contributed by atoms with Crippen LogP contribution in [0.5, 0.6) is 0 Å². The van der Waals surface area contributed by atoms with Gasteiger partial charge in [-0.25, -0.2) is 0 Å². The zero-order chi connectivity index (χ0) is 18.7. The van der Waals surface area contributed by atoms with E-state index in [1.807, 2.05) is 0 Å². The summed E-state index contributed by atoms with van der Waals surface area (Å²) in [7, 11) is 3.74. The molecule has 1 saturated carbocycles. The Labute approximate surface area is 161 Å². The lowest BCUT2D eigenvalue weighted by Gasteiger charge is -2.61. The first-order valence-electron chi connectivity index (χ1n) is 10.7. The van der Waals surface area contributed by atoms with E-state index in [1.54, 1.807) is 0 Å². The molecule has 0 radical (unpaired) electrons. The Morgan fingerprint density at radius 2 is 2.11 bits per heavy atom. The number of nitrogens with zero attached hydrogens (tertiary/aromatic N) is 2. The van der Waals surface area contributed by atoms with Crippen LogP contribution in [0.4, 0.5) is 0 Å². The molecule has 1 spiro atoms. The number of allylic oxidation sites excluding steroid dienone is 2. The molecule has 0 aromatic carbocycles. The molecule has 5 heteroatoms. The molecule has 8 atom stereocenters. The van der Waals surface area contributed by atoms with Gasteiger partial charge < -0.3 is 14.7 Å². The molecule has 0 aromatic rings. The van der Waals surface area contributed by atoms with Crippen LogP contribution in [0.3, 0.4) is 0 Å². The fourth-order valence-corrected chi connectivity index (χ4v) is 8.65. The maximum atomic E-state index is 13.4. The minimum atomic E-state index is -0.791. The number of methoxy groups -OCH3 is 1. The second kappa shape index (κ2) is 4.98. The van der Waals surface area contributed by atoms with Crippen molar-refractivity contribution in [3.8, 4) is 0 Å². The summed E-state index contributed by atoms with van der Waals surface area (Å²) < 4.78 is 5.40. The smallest absolute Gasteiger partial charge is 0.316 e. The van der Waals surface area contributed by atoms with Crippen molar-refractivity contribution in [3.63, 3.8) is 0 Å². The van der Waals surface area contributed by atoms with Crippen LogP contribution in [0.15, 0.2) is 22.9 Å². The molecule has 1 N–H and O–H groups in total. The van der Waals surface area contributed by atoms with Crippen LogP contribution in [0.1, 0.15) is 45.4 Å². The Morgan fingerprint density at radius 3 is 2.85 bits per heavy atom. The number of fused-ring (bicyclic) bond motifs is 1. The average Bonchev–Trinajstić information content (AvgIpc) is 3.08. The second-order valence-corrected chi connectivity index (χ2v) is 9.67. The zero-order valence-electron chi connectivity index (χ0n) is 16.6. The Morgan fingerprint density at radius 1 is 1.33 bits per heavy atom. The molecule has 146 valence electrons. The average molecular weight is 370 g/mol. The largest absolute Gasteiger partial charge is 0.468 e. The summed E-state index contributed by atoms with van der Waals surface area (Å²) in [5.74, 6) is -0.0616. The Hall–Kier alpha value is -1.33. The first kappa shape index (κ1) is 16.6. The third-order valence-electron chi connectivity index (χ3n) is 9.36. The van der Waals surface area contributed by atoms with E-state index in [1.165, 1.54) is 36.8 Å². The SMILES string of the molecule is CC=C1CN2C3CC1C1(C(=O)OC)C2CC2(C4=C(CCCC4)N(C)C32)C1O. The number of esters is 1. The number of piperidine rings is 4. The van der Waals surface area contributed by atoms with Gasteiger partial charge in [0.25, 0.3) is 0 Å². The maximum absolute atomic E-state index is 13.4. The van der Waals surface area contributed by atoms with Crippen LogP contribution >= 0.6 is 0 Å². The first-order valence-corrected chi connectivity index (χ1v) is 10.7. The summed E-state index contributed by atoms with van der Waals surface area (Å²) in [6.07, 6.45) is 8.10. The minimum absolute atomic E-state index is 0.117. The van der Waals surface area contributed by atoms with Crippen LogP contribution < -0.4 is 0 Å². The summed E-state index contributed by atoms with van der Waals surface area (Å²) >= 11 is 0. The molecule has 8 unspecified atom stereocenters. The van der Waals surface area contributed by atoms with Gasteiger partial charge in [0, 0.05) is 42.7 Å². The lowest BCUT2D eigenvalue weighted by molar-refractivity contribution is -0.180.